The molecule has 2 rings (SSSR count). The van der Waals surface area contributed by atoms with E-state index in [-0.39, 0.29) is 0 Å². The van der Waals surface area contributed by atoms with Gasteiger partial charge in [-0.15, -0.1) is 10.2 Å². The van der Waals surface area contributed by atoms with E-state index in [1.54, 1.807) is 0 Å². The summed E-state index contributed by atoms with van der Waals surface area (Å²) in [7, 11) is 0. The molecule has 0 aliphatic carbocycles. The average Bonchev–Trinajstić information content (AvgIpc) is 2.85. The highest BCUT2D eigenvalue weighted by molar-refractivity contribution is 5.62. The molecule has 0 amide bonds. The first-order chi connectivity index (χ1) is 8.20. The van der Waals surface area contributed by atoms with E-state index in [4.69, 9.17) is 4.42 Å². The van der Waals surface area contributed by atoms with Gasteiger partial charge < -0.3 is 9.73 Å². The van der Waals surface area contributed by atoms with Crippen molar-refractivity contribution in [2.24, 2.45) is 0 Å². The standard InChI is InChI=1S/C13H17N3O/c1-4-10(3)15-12-6-5-11(7-9(12)2)13-16-14-8-17-13/h5-8,10,15H,4H2,1-3H3. The third-order valence-corrected chi connectivity index (χ3v) is 2.85. The fourth-order valence-corrected chi connectivity index (χ4v) is 1.63. The molecule has 0 fully saturated rings. The summed E-state index contributed by atoms with van der Waals surface area (Å²) in [5.74, 6) is 0.559. The van der Waals surface area contributed by atoms with E-state index in [2.05, 4.69) is 48.4 Å². The largest absolute Gasteiger partial charge is 0.423 e. The highest BCUT2D eigenvalue weighted by atomic mass is 16.4. The second-order valence-electron chi connectivity index (χ2n) is 4.23. The minimum absolute atomic E-state index is 0.475. The first kappa shape index (κ1) is 11.6. The lowest BCUT2D eigenvalue weighted by Gasteiger charge is -2.15. The molecule has 0 bridgehead atoms. The number of benzene rings is 1. The van der Waals surface area contributed by atoms with Crippen LogP contribution in [0.15, 0.2) is 29.0 Å². The number of aromatic nitrogens is 2. The molecule has 4 heteroatoms. The summed E-state index contributed by atoms with van der Waals surface area (Å²) in [6.07, 6.45) is 2.45. The van der Waals surface area contributed by atoms with Crippen LogP contribution in [0, 0.1) is 6.92 Å². The van der Waals surface area contributed by atoms with Crippen LogP contribution >= 0.6 is 0 Å². The van der Waals surface area contributed by atoms with Gasteiger partial charge in [-0.25, -0.2) is 0 Å². The second kappa shape index (κ2) is 4.99. The summed E-state index contributed by atoms with van der Waals surface area (Å²) in [4.78, 5) is 0. The van der Waals surface area contributed by atoms with Crippen LogP contribution in [0.4, 0.5) is 5.69 Å². The fraction of sp³-hybridized carbons (Fsp3) is 0.385. The maximum atomic E-state index is 5.17. The second-order valence-corrected chi connectivity index (χ2v) is 4.23. The number of rotatable bonds is 4. The van der Waals surface area contributed by atoms with Crippen LogP contribution in [0.25, 0.3) is 11.5 Å². The van der Waals surface area contributed by atoms with Gasteiger partial charge >= 0.3 is 0 Å². The Morgan fingerprint density at radius 1 is 1.41 bits per heavy atom. The van der Waals surface area contributed by atoms with Gasteiger partial charge in [-0.05, 0) is 44.0 Å². The highest BCUT2D eigenvalue weighted by Gasteiger charge is 2.07. The average molecular weight is 231 g/mol. The van der Waals surface area contributed by atoms with E-state index in [1.807, 2.05) is 6.07 Å². The zero-order valence-electron chi connectivity index (χ0n) is 10.4. The van der Waals surface area contributed by atoms with Crippen molar-refractivity contribution in [3.8, 4) is 11.5 Å². The zero-order valence-corrected chi connectivity index (χ0v) is 10.4. The minimum Gasteiger partial charge on any atom is -0.423 e. The lowest BCUT2D eigenvalue weighted by atomic mass is 10.1. The molecule has 1 aromatic carbocycles. The molecule has 0 radical (unpaired) electrons. The summed E-state index contributed by atoms with van der Waals surface area (Å²) < 4.78 is 5.17. The molecule has 1 N–H and O–H groups in total. The summed E-state index contributed by atoms with van der Waals surface area (Å²) in [5.41, 5.74) is 3.29. The molecule has 0 aliphatic rings. The predicted molar refractivity (Wildman–Crippen MR) is 67.8 cm³/mol. The Labute approximate surface area is 101 Å². The van der Waals surface area contributed by atoms with Crippen LogP contribution in [0.5, 0.6) is 0 Å². The van der Waals surface area contributed by atoms with E-state index in [1.165, 1.54) is 12.0 Å². The Morgan fingerprint density at radius 3 is 2.82 bits per heavy atom. The van der Waals surface area contributed by atoms with Crippen molar-refractivity contribution >= 4 is 5.69 Å². The topological polar surface area (TPSA) is 51.0 Å². The third kappa shape index (κ3) is 2.64. The summed E-state index contributed by atoms with van der Waals surface area (Å²) in [6, 6.07) is 6.58. The van der Waals surface area contributed by atoms with Gasteiger partial charge in [-0.2, -0.15) is 0 Å². The molecule has 1 aromatic heterocycles. The number of aryl methyl sites for hydroxylation is 1. The highest BCUT2D eigenvalue weighted by Crippen LogP contribution is 2.23. The van der Waals surface area contributed by atoms with Gasteiger partial charge in [0.1, 0.15) is 0 Å². The normalized spacial score (nSPS) is 12.4. The molecule has 4 nitrogen and oxygen atoms in total. The molecule has 1 atom stereocenters. The summed E-state index contributed by atoms with van der Waals surface area (Å²) >= 11 is 0. The van der Waals surface area contributed by atoms with Gasteiger partial charge in [-0.1, -0.05) is 6.92 Å². The molecule has 17 heavy (non-hydrogen) atoms. The SMILES string of the molecule is CCC(C)Nc1ccc(-c2nnco2)cc1C. The molecule has 0 aliphatic heterocycles. The molecule has 0 saturated heterocycles. The van der Waals surface area contributed by atoms with Crippen molar-refractivity contribution in [2.45, 2.75) is 33.2 Å². The Kier molecular flexibility index (Phi) is 3.42. The van der Waals surface area contributed by atoms with E-state index >= 15 is 0 Å². The Hall–Kier alpha value is -1.84. The Bertz CT molecular complexity index is 479. The maximum Gasteiger partial charge on any atom is 0.247 e. The molecule has 2 aromatic rings. The quantitative estimate of drug-likeness (QED) is 0.877. The van der Waals surface area contributed by atoms with Crippen LogP contribution in [-0.4, -0.2) is 16.2 Å². The van der Waals surface area contributed by atoms with Gasteiger partial charge in [0.25, 0.3) is 0 Å². The van der Waals surface area contributed by atoms with Gasteiger partial charge in [-0.3, -0.25) is 0 Å². The van der Waals surface area contributed by atoms with Crippen LogP contribution < -0.4 is 5.32 Å². The number of hydrogen-bond donors (Lipinski definition) is 1. The van der Waals surface area contributed by atoms with Crippen molar-refractivity contribution in [1.29, 1.82) is 0 Å². The van der Waals surface area contributed by atoms with Crippen LogP contribution in [0.3, 0.4) is 0 Å². The van der Waals surface area contributed by atoms with Crippen LogP contribution in [-0.2, 0) is 0 Å². The van der Waals surface area contributed by atoms with Crippen molar-refractivity contribution in [1.82, 2.24) is 10.2 Å². The Morgan fingerprint density at radius 2 is 2.24 bits per heavy atom. The third-order valence-electron chi connectivity index (χ3n) is 2.85. The zero-order chi connectivity index (χ0) is 12.3. The predicted octanol–water partition coefficient (Wildman–Crippen LogP) is 3.26. The van der Waals surface area contributed by atoms with E-state index in [0.717, 1.165) is 17.7 Å². The minimum atomic E-state index is 0.475. The first-order valence-electron chi connectivity index (χ1n) is 5.84. The number of hydrogen-bond acceptors (Lipinski definition) is 4. The molecular formula is C13H17N3O. The van der Waals surface area contributed by atoms with Gasteiger partial charge in [0.2, 0.25) is 12.3 Å². The van der Waals surface area contributed by atoms with Crippen LogP contribution in [0.1, 0.15) is 25.8 Å². The van der Waals surface area contributed by atoms with Gasteiger partial charge in [0, 0.05) is 17.3 Å². The van der Waals surface area contributed by atoms with Crippen LogP contribution in [0.2, 0.25) is 0 Å². The lowest BCUT2D eigenvalue weighted by Crippen LogP contribution is -2.14. The van der Waals surface area contributed by atoms with Crippen molar-refractivity contribution in [2.75, 3.05) is 5.32 Å². The summed E-state index contributed by atoms with van der Waals surface area (Å²) in [6.45, 7) is 6.41. The Balaban J connectivity index is 2.23. The molecule has 1 heterocycles. The van der Waals surface area contributed by atoms with Crippen molar-refractivity contribution < 1.29 is 4.42 Å². The molecule has 1 unspecified atom stereocenters. The van der Waals surface area contributed by atoms with Crippen molar-refractivity contribution in [3.05, 3.63) is 30.2 Å². The molecule has 0 spiro atoms. The monoisotopic (exact) mass is 231 g/mol. The fourth-order valence-electron chi connectivity index (χ4n) is 1.63. The number of nitrogens with zero attached hydrogens (tertiary/aromatic N) is 2. The smallest absolute Gasteiger partial charge is 0.247 e. The van der Waals surface area contributed by atoms with Crippen molar-refractivity contribution in [3.63, 3.8) is 0 Å². The first-order valence-corrected chi connectivity index (χ1v) is 5.84. The van der Waals surface area contributed by atoms with Gasteiger partial charge in [0.05, 0.1) is 0 Å². The lowest BCUT2D eigenvalue weighted by molar-refractivity contribution is 0.568. The number of anilines is 1. The number of nitrogens with one attached hydrogen (secondary N) is 1. The molecule has 0 saturated carbocycles. The molecular weight excluding hydrogens is 214 g/mol. The molecule has 90 valence electrons. The maximum absolute atomic E-state index is 5.17. The summed E-state index contributed by atoms with van der Waals surface area (Å²) in [5, 5.41) is 11.0. The van der Waals surface area contributed by atoms with E-state index < -0.39 is 0 Å². The van der Waals surface area contributed by atoms with E-state index in [9.17, 15) is 0 Å². The van der Waals surface area contributed by atoms with Gasteiger partial charge in [0.15, 0.2) is 0 Å². The van der Waals surface area contributed by atoms with E-state index in [0.29, 0.717) is 11.9 Å².